The molecule has 2 N–H and O–H groups in total. The van der Waals surface area contributed by atoms with Crippen molar-refractivity contribution in [3.63, 3.8) is 0 Å². The van der Waals surface area contributed by atoms with Crippen LogP contribution in [0.4, 0.5) is 17.1 Å². The summed E-state index contributed by atoms with van der Waals surface area (Å²) < 4.78 is 0. The minimum absolute atomic E-state index is 0.0425. The molecule has 20 heavy (non-hydrogen) atoms. The lowest BCUT2D eigenvalue weighted by Gasteiger charge is -2.14. The van der Waals surface area contributed by atoms with E-state index in [2.05, 4.69) is 10.6 Å². The number of nitro groups is 1. The summed E-state index contributed by atoms with van der Waals surface area (Å²) in [4.78, 5) is 10.3. The Kier molecular flexibility index (Phi) is 3.16. The molecule has 0 radical (unpaired) electrons. The van der Waals surface area contributed by atoms with Gasteiger partial charge in [0, 0.05) is 27.7 Å². The van der Waals surface area contributed by atoms with Crippen LogP contribution in [0.5, 0.6) is 0 Å². The topological polar surface area (TPSA) is 67.2 Å². The minimum atomic E-state index is -0.426. The van der Waals surface area contributed by atoms with E-state index in [4.69, 9.17) is 23.2 Å². The Hall–Kier alpha value is -1.98. The molecule has 5 nitrogen and oxygen atoms in total. The van der Waals surface area contributed by atoms with E-state index in [1.54, 1.807) is 18.2 Å². The molecule has 0 aliphatic carbocycles. The van der Waals surface area contributed by atoms with Gasteiger partial charge in [0.1, 0.15) is 6.17 Å². The van der Waals surface area contributed by atoms with Gasteiger partial charge in [0.2, 0.25) is 0 Å². The molecule has 0 fully saturated rings. The summed E-state index contributed by atoms with van der Waals surface area (Å²) in [6, 6.07) is 9.84. The van der Waals surface area contributed by atoms with Gasteiger partial charge in [-0.05, 0) is 18.2 Å². The predicted molar refractivity (Wildman–Crippen MR) is 79.5 cm³/mol. The summed E-state index contributed by atoms with van der Waals surface area (Å²) in [5, 5.41) is 18.2. The number of benzene rings is 2. The average Bonchev–Trinajstić information content (AvgIpc) is 2.80. The minimum Gasteiger partial charge on any atom is -0.360 e. The van der Waals surface area contributed by atoms with Gasteiger partial charge in [0.05, 0.1) is 16.3 Å². The lowest BCUT2D eigenvalue weighted by Crippen LogP contribution is -2.12. The highest BCUT2D eigenvalue weighted by molar-refractivity contribution is 6.35. The third-order valence-electron chi connectivity index (χ3n) is 3.09. The Labute approximate surface area is 124 Å². The Morgan fingerprint density at radius 1 is 1.05 bits per heavy atom. The monoisotopic (exact) mass is 309 g/mol. The van der Waals surface area contributed by atoms with E-state index in [1.807, 2.05) is 6.07 Å². The lowest BCUT2D eigenvalue weighted by molar-refractivity contribution is -0.384. The van der Waals surface area contributed by atoms with E-state index in [0.29, 0.717) is 15.7 Å². The molecule has 2 aromatic rings. The molecule has 1 unspecified atom stereocenters. The predicted octanol–water partition coefficient (Wildman–Crippen LogP) is 4.44. The van der Waals surface area contributed by atoms with Crippen molar-refractivity contribution >= 4 is 40.3 Å². The van der Waals surface area contributed by atoms with Gasteiger partial charge in [-0.25, -0.2) is 0 Å². The van der Waals surface area contributed by atoms with Crippen LogP contribution in [-0.2, 0) is 0 Å². The van der Waals surface area contributed by atoms with Crippen LogP contribution in [-0.4, -0.2) is 4.92 Å². The van der Waals surface area contributed by atoms with Gasteiger partial charge in [-0.3, -0.25) is 10.1 Å². The molecule has 0 spiro atoms. The third kappa shape index (κ3) is 2.26. The van der Waals surface area contributed by atoms with Crippen molar-refractivity contribution in [3.05, 3.63) is 62.1 Å². The summed E-state index contributed by atoms with van der Waals surface area (Å²) in [7, 11) is 0. The molecular formula is C13H9Cl2N3O2. The van der Waals surface area contributed by atoms with Crippen molar-refractivity contribution in [3.8, 4) is 0 Å². The zero-order chi connectivity index (χ0) is 14.3. The number of anilines is 2. The Morgan fingerprint density at radius 2 is 1.80 bits per heavy atom. The fourth-order valence-electron chi connectivity index (χ4n) is 2.13. The van der Waals surface area contributed by atoms with Gasteiger partial charge in [-0.2, -0.15) is 0 Å². The Bertz CT molecular complexity index is 706. The van der Waals surface area contributed by atoms with Crippen LogP contribution >= 0.6 is 23.2 Å². The highest BCUT2D eigenvalue weighted by atomic mass is 35.5. The summed E-state index contributed by atoms with van der Waals surface area (Å²) in [5.74, 6) is 0. The quantitative estimate of drug-likeness (QED) is 0.636. The van der Waals surface area contributed by atoms with Crippen LogP contribution in [0.15, 0.2) is 36.4 Å². The second-order valence-electron chi connectivity index (χ2n) is 4.37. The Morgan fingerprint density at radius 3 is 2.50 bits per heavy atom. The number of halogens is 2. The molecular weight excluding hydrogens is 301 g/mol. The number of hydrogen-bond donors (Lipinski definition) is 2. The summed E-state index contributed by atoms with van der Waals surface area (Å²) in [6.45, 7) is 0. The average molecular weight is 310 g/mol. The van der Waals surface area contributed by atoms with E-state index in [9.17, 15) is 10.1 Å². The van der Waals surface area contributed by atoms with Crippen molar-refractivity contribution in [2.24, 2.45) is 0 Å². The number of fused-ring (bicyclic) bond motifs is 1. The highest BCUT2D eigenvalue weighted by Gasteiger charge is 2.24. The van der Waals surface area contributed by atoms with E-state index >= 15 is 0 Å². The third-order valence-corrected chi connectivity index (χ3v) is 3.65. The zero-order valence-electron chi connectivity index (χ0n) is 10.1. The van der Waals surface area contributed by atoms with Gasteiger partial charge >= 0.3 is 0 Å². The summed E-state index contributed by atoms with van der Waals surface area (Å²) in [5.41, 5.74) is 2.35. The first-order chi connectivity index (χ1) is 9.54. The smallest absolute Gasteiger partial charge is 0.271 e. The van der Waals surface area contributed by atoms with E-state index in [0.717, 1.165) is 11.3 Å². The highest BCUT2D eigenvalue weighted by Crippen LogP contribution is 2.39. The van der Waals surface area contributed by atoms with Crippen LogP contribution in [0.25, 0.3) is 0 Å². The normalized spacial score (nSPS) is 16.2. The van der Waals surface area contributed by atoms with Crippen molar-refractivity contribution in [1.29, 1.82) is 0 Å². The van der Waals surface area contributed by atoms with E-state index in [1.165, 1.54) is 12.1 Å². The van der Waals surface area contributed by atoms with Crippen LogP contribution < -0.4 is 10.6 Å². The molecule has 7 heteroatoms. The maximum atomic E-state index is 10.8. The molecule has 102 valence electrons. The fourth-order valence-corrected chi connectivity index (χ4v) is 2.65. The largest absolute Gasteiger partial charge is 0.360 e. The van der Waals surface area contributed by atoms with E-state index in [-0.39, 0.29) is 11.9 Å². The number of non-ortho nitro benzene ring substituents is 1. The molecule has 1 aliphatic rings. The van der Waals surface area contributed by atoms with Crippen molar-refractivity contribution in [1.82, 2.24) is 0 Å². The van der Waals surface area contributed by atoms with Gasteiger partial charge in [0.25, 0.3) is 5.69 Å². The zero-order valence-corrected chi connectivity index (χ0v) is 11.6. The number of nitrogens with zero attached hydrogens (tertiary/aromatic N) is 1. The maximum absolute atomic E-state index is 10.8. The van der Waals surface area contributed by atoms with Crippen LogP contribution in [0.3, 0.4) is 0 Å². The first-order valence-corrected chi connectivity index (χ1v) is 6.56. The maximum Gasteiger partial charge on any atom is 0.271 e. The van der Waals surface area contributed by atoms with Gasteiger partial charge in [-0.15, -0.1) is 0 Å². The van der Waals surface area contributed by atoms with Crippen LogP contribution in [0.2, 0.25) is 10.0 Å². The fraction of sp³-hybridized carbons (Fsp3) is 0.0769. The molecule has 1 aliphatic heterocycles. The van der Waals surface area contributed by atoms with Crippen molar-refractivity contribution in [2.75, 3.05) is 10.6 Å². The van der Waals surface area contributed by atoms with Gasteiger partial charge in [-0.1, -0.05) is 29.3 Å². The molecule has 2 aromatic carbocycles. The molecule has 0 aromatic heterocycles. The number of rotatable bonds is 2. The van der Waals surface area contributed by atoms with Crippen LogP contribution in [0.1, 0.15) is 11.7 Å². The van der Waals surface area contributed by atoms with E-state index < -0.39 is 4.92 Å². The molecule has 0 saturated heterocycles. The van der Waals surface area contributed by atoms with Crippen molar-refractivity contribution in [2.45, 2.75) is 6.17 Å². The second-order valence-corrected chi connectivity index (χ2v) is 5.22. The first kappa shape index (κ1) is 13.0. The SMILES string of the molecule is O=[N+]([O-])c1ccc2c(c1)NC(c1ccc(Cl)cc1Cl)N2. The molecule has 0 amide bonds. The second kappa shape index (κ2) is 4.85. The Balaban J connectivity index is 1.92. The number of nitro benzene ring substituents is 1. The van der Waals surface area contributed by atoms with Crippen molar-refractivity contribution < 1.29 is 4.92 Å². The summed E-state index contributed by atoms with van der Waals surface area (Å²) >= 11 is 12.0. The summed E-state index contributed by atoms with van der Waals surface area (Å²) in [6.07, 6.45) is -0.239. The molecule has 1 atom stereocenters. The van der Waals surface area contributed by atoms with Crippen LogP contribution in [0, 0.1) is 10.1 Å². The first-order valence-electron chi connectivity index (χ1n) is 5.81. The van der Waals surface area contributed by atoms with Gasteiger partial charge in [0.15, 0.2) is 0 Å². The van der Waals surface area contributed by atoms with Gasteiger partial charge < -0.3 is 10.6 Å². The molecule has 0 bridgehead atoms. The number of nitrogens with one attached hydrogen (secondary N) is 2. The molecule has 1 heterocycles. The standard InChI is InChI=1S/C13H9Cl2N3O2/c14-7-1-3-9(10(15)5-7)13-16-11-4-2-8(18(19)20)6-12(11)17-13/h1-6,13,16-17H. The molecule has 0 saturated carbocycles. The lowest BCUT2D eigenvalue weighted by atomic mass is 10.2. The number of hydrogen-bond acceptors (Lipinski definition) is 4. The molecule has 3 rings (SSSR count).